The monoisotopic (exact) mass is 372 g/mol. The van der Waals surface area contributed by atoms with E-state index in [4.69, 9.17) is 14.2 Å². The van der Waals surface area contributed by atoms with Gasteiger partial charge in [0.25, 0.3) is 0 Å². The lowest BCUT2D eigenvalue weighted by Gasteiger charge is -2.18. The largest absolute Gasteiger partial charge is 0.493 e. The minimum absolute atomic E-state index is 0.183. The number of hydrogen-bond donors (Lipinski definition) is 2. The van der Waals surface area contributed by atoms with Crippen molar-refractivity contribution in [3.8, 4) is 17.2 Å². The van der Waals surface area contributed by atoms with Crippen molar-refractivity contribution in [3.63, 3.8) is 0 Å². The van der Waals surface area contributed by atoms with E-state index in [1.54, 1.807) is 18.2 Å². The number of hydrogen-bond acceptors (Lipinski definition) is 6. The molecule has 0 bridgehead atoms. The van der Waals surface area contributed by atoms with E-state index < -0.39 is 17.8 Å². The molecule has 0 aliphatic carbocycles. The van der Waals surface area contributed by atoms with Crippen LogP contribution in [-0.2, 0) is 6.18 Å². The average Bonchev–Trinajstić information content (AvgIpc) is 2.63. The Morgan fingerprint density at radius 1 is 1.12 bits per heavy atom. The summed E-state index contributed by atoms with van der Waals surface area (Å²) in [5, 5.41) is 12.5. The van der Waals surface area contributed by atoms with Crippen molar-refractivity contribution < 1.29 is 32.5 Å². The van der Waals surface area contributed by atoms with Crippen LogP contribution in [0.3, 0.4) is 0 Å². The SMILES string of the molecule is COc1cccc(OC)c1OCC(O)CNc1ncccc1C(F)(F)F. The number of aliphatic hydroxyl groups excluding tert-OH is 1. The molecule has 0 spiro atoms. The molecule has 1 aromatic carbocycles. The van der Waals surface area contributed by atoms with Gasteiger partial charge in [-0.25, -0.2) is 4.98 Å². The molecule has 2 rings (SSSR count). The fourth-order valence-electron chi connectivity index (χ4n) is 2.19. The number of halogens is 3. The zero-order valence-electron chi connectivity index (χ0n) is 14.2. The van der Waals surface area contributed by atoms with Gasteiger partial charge in [-0.1, -0.05) is 6.07 Å². The highest BCUT2D eigenvalue weighted by atomic mass is 19.4. The van der Waals surface area contributed by atoms with Crippen LogP contribution < -0.4 is 19.5 Å². The lowest BCUT2D eigenvalue weighted by Crippen LogP contribution is -2.27. The molecular formula is C17H19F3N2O4. The van der Waals surface area contributed by atoms with Gasteiger partial charge in [-0.15, -0.1) is 0 Å². The summed E-state index contributed by atoms with van der Waals surface area (Å²) < 4.78 is 54.6. The first-order valence-electron chi connectivity index (χ1n) is 7.64. The van der Waals surface area contributed by atoms with Crippen molar-refractivity contribution in [1.29, 1.82) is 0 Å². The second kappa shape index (κ2) is 8.61. The average molecular weight is 372 g/mol. The molecule has 6 nitrogen and oxygen atoms in total. The van der Waals surface area contributed by atoms with Crippen LogP contribution in [0.4, 0.5) is 19.0 Å². The maximum atomic E-state index is 12.9. The van der Waals surface area contributed by atoms with E-state index in [1.807, 2.05) is 0 Å². The molecule has 26 heavy (non-hydrogen) atoms. The summed E-state index contributed by atoms with van der Waals surface area (Å²) in [7, 11) is 2.92. The summed E-state index contributed by atoms with van der Waals surface area (Å²) in [6.07, 6.45) is -4.39. The number of methoxy groups -OCH3 is 2. The number of ether oxygens (including phenoxy) is 3. The Hall–Kier alpha value is -2.68. The van der Waals surface area contributed by atoms with Gasteiger partial charge in [-0.2, -0.15) is 13.2 Å². The third kappa shape index (κ3) is 4.92. The van der Waals surface area contributed by atoms with Gasteiger partial charge in [0.15, 0.2) is 11.5 Å². The van der Waals surface area contributed by atoms with Crippen molar-refractivity contribution >= 4 is 5.82 Å². The van der Waals surface area contributed by atoms with Crippen LogP contribution in [0.15, 0.2) is 36.5 Å². The van der Waals surface area contributed by atoms with E-state index in [-0.39, 0.29) is 19.0 Å². The van der Waals surface area contributed by atoms with Crippen molar-refractivity contribution in [1.82, 2.24) is 4.98 Å². The van der Waals surface area contributed by atoms with Gasteiger partial charge in [0.05, 0.1) is 19.8 Å². The summed E-state index contributed by atoms with van der Waals surface area (Å²) in [6.45, 7) is -0.366. The number of pyridine rings is 1. The molecule has 0 fully saturated rings. The number of aromatic nitrogens is 1. The summed E-state index contributed by atoms with van der Waals surface area (Å²) in [5.74, 6) is 0.765. The van der Waals surface area contributed by atoms with Crippen LogP contribution in [0, 0.1) is 0 Å². The molecule has 1 aromatic heterocycles. The molecule has 1 unspecified atom stereocenters. The fourth-order valence-corrected chi connectivity index (χ4v) is 2.19. The Labute approximate surface area is 148 Å². The molecule has 1 heterocycles. The van der Waals surface area contributed by atoms with Crippen LogP contribution in [0.5, 0.6) is 17.2 Å². The van der Waals surface area contributed by atoms with Crippen LogP contribution in [0.2, 0.25) is 0 Å². The molecule has 0 aliphatic rings. The Morgan fingerprint density at radius 2 is 1.77 bits per heavy atom. The lowest BCUT2D eigenvalue weighted by atomic mass is 10.2. The standard InChI is InChI=1S/C17H19F3N2O4/c1-24-13-6-3-7-14(25-2)15(13)26-10-11(23)9-22-16-12(17(18,19)20)5-4-8-21-16/h3-8,11,23H,9-10H2,1-2H3,(H,21,22). The van der Waals surface area contributed by atoms with Crippen LogP contribution in [0.25, 0.3) is 0 Å². The third-order valence-corrected chi connectivity index (χ3v) is 3.42. The second-order valence-electron chi connectivity index (χ2n) is 5.23. The van der Waals surface area contributed by atoms with Crippen LogP contribution in [0.1, 0.15) is 5.56 Å². The van der Waals surface area contributed by atoms with Crippen LogP contribution in [-0.4, -0.2) is 43.6 Å². The Kier molecular flexibility index (Phi) is 6.51. The molecule has 1 atom stereocenters. The Balaban J connectivity index is 1.98. The molecule has 2 N–H and O–H groups in total. The highest BCUT2D eigenvalue weighted by Gasteiger charge is 2.34. The van der Waals surface area contributed by atoms with Gasteiger partial charge in [-0.05, 0) is 24.3 Å². The summed E-state index contributed by atoms with van der Waals surface area (Å²) in [5.41, 5.74) is -0.903. The van der Waals surface area contributed by atoms with E-state index in [1.165, 1.54) is 26.5 Å². The minimum Gasteiger partial charge on any atom is -0.493 e. The first-order valence-corrected chi connectivity index (χ1v) is 7.64. The van der Waals surface area contributed by atoms with Gasteiger partial charge in [-0.3, -0.25) is 0 Å². The quantitative estimate of drug-likeness (QED) is 0.742. The number of alkyl halides is 3. The molecule has 142 valence electrons. The van der Waals surface area contributed by atoms with Crippen molar-refractivity contribution in [2.75, 3.05) is 32.7 Å². The molecular weight excluding hydrogens is 353 g/mol. The third-order valence-electron chi connectivity index (χ3n) is 3.42. The number of rotatable bonds is 8. The first-order chi connectivity index (χ1) is 12.4. The number of aliphatic hydroxyl groups is 1. The van der Waals surface area contributed by atoms with Crippen molar-refractivity contribution in [2.24, 2.45) is 0 Å². The second-order valence-corrected chi connectivity index (χ2v) is 5.23. The smallest absolute Gasteiger partial charge is 0.419 e. The number of nitrogens with one attached hydrogen (secondary N) is 1. The lowest BCUT2D eigenvalue weighted by molar-refractivity contribution is -0.137. The zero-order chi connectivity index (χ0) is 19.2. The predicted octanol–water partition coefficient (Wildman–Crippen LogP) is 2.97. The minimum atomic E-state index is -4.54. The van der Waals surface area contributed by atoms with Crippen molar-refractivity contribution in [2.45, 2.75) is 12.3 Å². The van der Waals surface area contributed by atoms with Gasteiger partial charge in [0.1, 0.15) is 18.5 Å². The molecule has 9 heteroatoms. The number of nitrogens with zero attached hydrogens (tertiary/aromatic N) is 1. The van der Waals surface area contributed by atoms with Gasteiger partial charge >= 0.3 is 6.18 Å². The van der Waals surface area contributed by atoms with E-state index in [2.05, 4.69) is 10.3 Å². The molecule has 0 radical (unpaired) electrons. The summed E-state index contributed by atoms with van der Waals surface area (Å²) >= 11 is 0. The fraction of sp³-hybridized carbons (Fsp3) is 0.353. The Morgan fingerprint density at radius 3 is 2.35 bits per heavy atom. The van der Waals surface area contributed by atoms with E-state index in [9.17, 15) is 18.3 Å². The maximum absolute atomic E-state index is 12.9. The van der Waals surface area contributed by atoms with E-state index in [0.717, 1.165) is 6.07 Å². The number of benzene rings is 1. The van der Waals surface area contributed by atoms with Crippen molar-refractivity contribution in [3.05, 3.63) is 42.1 Å². The van der Waals surface area contributed by atoms with Gasteiger partial charge in [0, 0.05) is 12.7 Å². The predicted molar refractivity (Wildman–Crippen MR) is 88.8 cm³/mol. The molecule has 0 saturated heterocycles. The molecule has 0 saturated carbocycles. The number of anilines is 1. The highest BCUT2D eigenvalue weighted by molar-refractivity contribution is 5.51. The maximum Gasteiger partial charge on any atom is 0.419 e. The summed E-state index contributed by atoms with van der Waals surface area (Å²) in [4.78, 5) is 3.67. The summed E-state index contributed by atoms with van der Waals surface area (Å²) in [6, 6.07) is 7.14. The molecule has 0 amide bonds. The van der Waals surface area contributed by atoms with E-state index in [0.29, 0.717) is 17.2 Å². The molecule has 2 aromatic rings. The number of para-hydroxylation sites is 1. The zero-order valence-corrected chi connectivity index (χ0v) is 14.2. The topological polar surface area (TPSA) is 72.8 Å². The highest BCUT2D eigenvalue weighted by Crippen LogP contribution is 2.37. The van der Waals surface area contributed by atoms with E-state index >= 15 is 0 Å². The molecule has 0 aliphatic heterocycles. The van der Waals surface area contributed by atoms with Gasteiger partial charge < -0.3 is 24.6 Å². The van der Waals surface area contributed by atoms with Gasteiger partial charge in [0.2, 0.25) is 5.75 Å². The normalized spacial score (nSPS) is 12.4. The first kappa shape index (κ1) is 19.6. The Bertz CT molecular complexity index is 703. The van der Waals surface area contributed by atoms with Crippen LogP contribution >= 0.6 is 0 Å².